The van der Waals surface area contributed by atoms with Crippen LogP contribution in [0.15, 0.2) is 35.7 Å². The molecule has 1 amide bonds. The molecule has 0 saturated carbocycles. The van der Waals surface area contributed by atoms with Crippen LogP contribution in [-0.4, -0.2) is 25.6 Å². The molecule has 0 aliphatic heterocycles. The van der Waals surface area contributed by atoms with Crippen molar-refractivity contribution in [2.24, 2.45) is 5.92 Å². The van der Waals surface area contributed by atoms with E-state index in [0.717, 1.165) is 35.2 Å². The Morgan fingerprint density at radius 1 is 1.24 bits per heavy atom. The maximum absolute atomic E-state index is 12.6. The lowest BCUT2D eigenvalue weighted by Gasteiger charge is -2.16. The molecule has 1 aliphatic rings. The number of hydrogen-bond donors (Lipinski definition) is 2. The van der Waals surface area contributed by atoms with Crippen LogP contribution < -0.4 is 10.0 Å². The molecule has 0 fully saturated rings. The fourth-order valence-electron chi connectivity index (χ4n) is 3.36. The molecule has 2 heterocycles. The standard InChI is InChI=1S/C20H21N3O3S3/c1-12-3-8-17-14(9-12)10-18(28-17)19(24)22-20-21-16(11-27-20)13-4-6-15(7-5-13)23-29(2,25)26/h4-7,10-12,23H,3,8-9H2,1-2H3,(H,21,22,24). The highest BCUT2D eigenvalue weighted by molar-refractivity contribution is 7.92. The third kappa shape index (κ3) is 4.85. The topological polar surface area (TPSA) is 88.2 Å². The maximum atomic E-state index is 12.6. The van der Waals surface area contributed by atoms with Gasteiger partial charge in [0.2, 0.25) is 10.0 Å². The fourth-order valence-corrected chi connectivity index (χ4v) is 5.75. The molecule has 3 aromatic rings. The zero-order valence-electron chi connectivity index (χ0n) is 16.1. The van der Waals surface area contributed by atoms with E-state index in [-0.39, 0.29) is 5.91 Å². The van der Waals surface area contributed by atoms with E-state index in [1.165, 1.54) is 28.2 Å². The van der Waals surface area contributed by atoms with Crippen LogP contribution in [0.2, 0.25) is 0 Å². The van der Waals surface area contributed by atoms with Crippen LogP contribution in [-0.2, 0) is 22.9 Å². The molecule has 2 aromatic heterocycles. The van der Waals surface area contributed by atoms with Crippen LogP contribution in [0.3, 0.4) is 0 Å². The van der Waals surface area contributed by atoms with Gasteiger partial charge in [-0.25, -0.2) is 13.4 Å². The summed E-state index contributed by atoms with van der Waals surface area (Å²) < 4.78 is 25.0. The predicted molar refractivity (Wildman–Crippen MR) is 119 cm³/mol. The number of sulfonamides is 1. The Kier molecular flexibility index (Phi) is 5.46. The summed E-state index contributed by atoms with van der Waals surface area (Å²) in [7, 11) is -3.31. The van der Waals surface area contributed by atoms with Gasteiger partial charge in [0.1, 0.15) is 0 Å². The molecule has 1 aromatic carbocycles. The number of rotatable bonds is 5. The molecule has 2 N–H and O–H groups in total. The third-order valence-electron chi connectivity index (χ3n) is 4.76. The summed E-state index contributed by atoms with van der Waals surface area (Å²) in [4.78, 5) is 19.2. The predicted octanol–water partition coefficient (Wildman–Crippen LogP) is 4.62. The van der Waals surface area contributed by atoms with Crippen molar-refractivity contribution in [3.8, 4) is 11.3 Å². The Labute approximate surface area is 178 Å². The van der Waals surface area contributed by atoms with Gasteiger partial charge < -0.3 is 0 Å². The molecule has 0 saturated heterocycles. The van der Waals surface area contributed by atoms with E-state index in [2.05, 4.69) is 21.9 Å². The minimum absolute atomic E-state index is 0.120. The van der Waals surface area contributed by atoms with Gasteiger partial charge >= 0.3 is 0 Å². The number of benzene rings is 1. The van der Waals surface area contributed by atoms with Crippen LogP contribution in [0.5, 0.6) is 0 Å². The lowest BCUT2D eigenvalue weighted by atomic mass is 9.90. The number of fused-ring (bicyclic) bond motifs is 1. The summed E-state index contributed by atoms with van der Waals surface area (Å²) in [6, 6.07) is 8.98. The summed E-state index contributed by atoms with van der Waals surface area (Å²) in [6.45, 7) is 2.25. The average Bonchev–Trinajstić information content (AvgIpc) is 3.27. The highest BCUT2D eigenvalue weighted by Crippen LogP contribution is 2.33. The highest BCUT2D eigenvalue weighted by Gasteiger charge is 2.21. The molecule has 1 atom stereocenters. The Bertz CT molecular complexity index is 1150. The first-order valence-corrected chi connectivity index (χ1v) is 12.8. The fraction of sp³-hybridized carbons (Fsp3) is 0.300. The highest BCUT2D eigenvalue weighted by atomic mass is 32.2. The number of aromatic nitrogens is 1. The first-order valence-electron chi connectivity index (χ1n) is 9.23. The van der Waals surface area contributed by atoms with Crippen LogP contribution in [0.1, 0.15) is 33.5 Å². The maximum Gasteiger partial charge on any atom is 0.267 e. The number of carbonyl (C=O) groups is 1. The summed E-state index contributed by atoms with van der Waals surface area (Å²) in [5.41, 5.74) is 3.38. The lowest BCUT2D eigenvalue weighted by Crippen LogP contribution is -2.10. The quantitative estimate of drug-likeness (QED) is 0.597. The second kappa shape index (κ2) is 7.89. The molecule has 0 spiro atoms. The van der Waals surface area contributed by atoms with Crippen molar-refractivity contribution in [1.82, 2.24) is 4.98 Å². The molecule has 29 heavy (non-hydrogen) atoms. The molecule has 0 radical (unpaired) electrons. The van der Waals surface area contributed by atoms with E-state index >= 15 is 0 Å². The summed E-state index contributed by atoms with van der Waals surface area (Å²) in [6.07, 6.45) is 4.40. The third-order valence-corrected chi connectivity index (χ3v) is 7.36. The minimum atomic E-state index is -3.31. The lowest BCUT2D eigenvalue weighted by molar-refractivity contribution is 0.103. The monoisotopic (exact) mass is 447 g/mol. The Balaban J connectivity index is 1.45. The molecule has 1 unspecified atom stereocenters. The van der Waals surface area contributed by atoms with Crippen LogP contribution in [0, 0.1) is 5.92 Å². The van der Waals surface area contributed by atoms with Crippen molar-refractivity contribution in [3.63, 3.8) is 0 Å². The number of thiazole rings is 1. The smallest absolute Gasteiger partial charge is 0.267 e. The minimum Gasteiger partial charge on any atom is -0.297 e. The van der Waals surface area contributed by atoms with E-state index in [4.69, 9.17) is 0 Å². The Hall–Kier alpha value is -2.23. The van der Waals surface area contributed by atoms with Gasteiger partial charge in [-0.1, -0.05) is 19.1 Å². The Morgan fingerprint density at radius 2 is 2.00 bits per heavy atom. The number of hydrogen-bond acceptors (Lipinski definition) is 6. The first kappa shape index (κ1) is 20.1. The molecule has 6 nitrogen and oxygen atoms in total. The molecular weight excluding hydrogens is 426 g/mol. The Morgan fingerprint density at radius 3 is 2.72 bits per heavy atom. The van der Waals surface area contributed by atoms with Crippen molar-refractivity contribution in [2.75, 3.05) is 16.3 Å². The molecule has 9 heteroatoms. The van der Waals surface area contributed by atoms with E-state index in [1.807, 2.05) is 11.4 Å². The number of aryl methyl sites for hydroxylation is 1. The average molecular weight is 448 g/mol. The normalized spacial score (nSPS) is 16.3. The van der Waals surface area contributed by atoms with E-state index < -0.39 is 10.0 Å². The van der Waals surface area contributed by atoms with Crippen LogP contribution in [0.4, 0.5) is 10.8 Å². The van der Waals surface area contributed by atoms with Crippen molar-refractivity contribution in [1.29, 1.82) is 0 Å². The second-order valence-corrected chi connectivity index (χ2v) is 11.1. The SMILES string of the molecule is CC1CCc2sc(C(=O)Nc3nc(-c4ccc(NS(C)(=O)=O)cc4)cs3)cc2C1. The van der Waals surface area contributed by atoms with Crippen molar-refractivity contribution < 1.29 is 13.2 Å². The van der Waals surface area contributed by atoms with E-state index in [0.29, 0.717) is 16.7 Å². The summed E-state index contributed by atoms with van der Waals surface area (Å²) >= 11 is 2.95. The second-order valence-electron chi connectivity index (χ2n) is 7.35. The van der Waals surface area contributed by atoms with Gasteiger partial charge in [0.15, 0.2) is 5.13 Å². The molecule has 0 bridgehead atoms. The van der Waals surface area contributed by atoms with Gasteiger partial charge in [0, 0.05) is 21.5 Å². The van der Waals surface area contributed by atoms with E-state index in [9.17, 15) is 13.2 Å². The van der Waals surface area contributed by atoms with Gasteiger partial charge in [-0.2, -0.15) is 0 Å². The number of anilines is 2. The zero-order valence-corrected chi connectivity index (χ0v) is 18.5. The van der Waals surface area contributed by atoms with E-state index in [1.54, 1.807) is 35.6 Å². The van der Waals surface area contributed by atoms with Gasteiger partial charge in [-0.05, 0) is 48.9 Å². The van der Waals surface area contributed by atoms with Crippen LogP contribution >= 0.6 is 22.7 Å². The number of thiophene rings is 1. The molecule has 152 valence electrons. The zero-order chi connectivity index (χ0) is 20.6. The van der Waals surface area contributed by atoms with Crippen molar-refractivity contribution in [3.05, 3.63) is 51.0 Å². The number of nitrogens with one attached hydrogen (secondary N) is 2. The van der Waals surface area contributed by atoms with Crippen LogP contribution in [0.25, 0.3) is 11.3 Å². The summed E-state index contributed by atoms with van der Waals surface area (Å²) in [5, 5.41) is 5.31. The number of amides is 1. The van der Waals surface area contributed by atoms with Gasteiger partial charge in [0.25, 0.3) is 5.91 Å². The van der Waals surface area contributed by atoms with Crippen molar-refractivity contribution in [2.45, 2.75) is 26.2 Å². The van der Waals surface area contributed by atoms with Gasteiger partial charge in [-0.3, -0.25) is 14.8 Å². The van der Waals surface area contributed by atoms with Crippen molar-refractivity contribution >= 4 is 49.4 Å². The largest absolute Gasteiger partial charge is 0.297 e. The molecule has 4 rings (SSSR count). The van der Waals surface area contributed by atoms with Gasteiger partial charge in [0.05, 0.1) is 16.8 Å². The molecular formula is C20H21N3O3S3. The number of nitrogens with zero attached hydrogens (tertiary/aromatic N) is 1. The number of carbonyl (C=O) groups excluding carboxylic acids is 1. The first-order chi connectivity index (χ1) is 13.8. The summed E-state index contributed by atoms with van der Waals surface area (Å²) in [5.74, 6) is 0.555. The molecule has 1 aliphatic carbocycles. The van der Waals surface area contributed by atoms with Gasteiger partial charge in [-0.15, -0.1) is 22.7 Å².